The summed E-state index contributed by atoms with van der Waals surface area (Å²) in [6.07, 6.45) is 2.36. The normalized spacial score (nSPS) is 11.6. The molecule has 0 aliphatic heterocycles. The van der Waals surface area contributed by atoms with Crippen LogP contribution in [0.5, 0.6) is 0 Å². The number of aromatic nitrogens is 2. The van der Waals surface area contributed by atoms with Crippen LogP contribution in [0.4, 0.5) is 0 Å². The molecule has 3 aromatic rings. The Labute approximate surface area is 144 Å². The Morgan fingerprint density at radius 1 is 1.00 bits per heavy atom. The maximum Gasteiger partial charge on any atom is 0.351 e. The van der Waals surface area contributed by atoms with Crippen molar-refractivity contribution < 1.29 is 19.1 Å². The van der Waals surface area contributed by atoms with E-state index in [-0.39, 0.29) is 0 Å². The van der Waals surface area contributed by atoms with Crippen molar-refractivity contribution in [1.29, 1.82) is 0 Å². The summed E-state index contributed by atoms with van der Waals surface area (Å²) in [7, 11) is 1.25. The molecule has 0 radical (unpaired) electrons. The third kappa shape index (κ3) is 3.74. The predicted molar refractivity (Wildman–Crippen MR) is 90.2 cm³/mol. The van der Waals surface area contributed by atoms with E-state index in [9.17, 15) is 9.59 Å². The van der Waals surface area contributed by atoms with Crippen LogP contribution in [-0.2, 0) is 14.3 Å². The summed E-state index contributed by atoms with van der Waals surface area (Å²) in [5, 5.41) is 4.12. The number of benzene rings is 2. The van der Waals surface area contributed by atoms with Crippen molar-refractivity contribution in [3.8, 4) is 5.69 Å². The fraction of sp³-hybridized carbons (Fsp3) is 0.105. The lowest BCUT2D eigenvalue weighted by molar-refractivity contribution is -0.151. The lowest BCUT2D eigenvalue weighted by Crippen LogP contribution is -2.21. The Kier molecular flexibility index (Phi) is 4.89. The summed E-state index contributed by atoms with van der Waals surface area (Å²) in [5.41, 5.74) is 1.70. The maximum atomic E-state index is 12.4. The van der Waals surface area contributed by atoms with Gasteiger partial charge in [-0.3, -0.25) is 0 Å². The Morgan fingerprint density at radius 3 is 2.32 bits per heavy atom. The smallest absolute Gasteiger partial charge is 0.351 e. The van der Waals surface area contributed by atoms with Crippen molar-refractivity contribution in [2.24, 2.45) is 0 Å². The summed E-state index contributed by atoms with van der Waals surface area (Å²) < 4.78 is 11.8. The molecule has 0 N–H and O–H groups in total. The molecule has 126 valence electrons. The fourth-order valence-electron chi connectivity index (χ4n) is 2.33. The molecule has 1 atom stereocenters. The number of esters is 2. The van der Waals surface area contributed by atoms with Gasteiger partial charge in [0.25, 0.3) is 0 Å². The molecule has 0 saturated heterocycles. The van der Waals surface area contributed by atoms with Gasteiger partial charge in [-0.1, -0.05) is 30.3 Å². The molecule has 0 aliphatic rings. The van der Waals surface area contributed by atoms with Crippen molar-refractivity contribution >= 4 is 11.9 Å². The molecule has 0 saturated carbocycles. The predicted octanol–water partition coefficient (Wildman–Crippen LogP) is 2.94. The molecule has 6 nitrogen and oxygen atoms in total. The second-order valence-corrected chi connectivity index (χ2v) is 5.22. The zero-order valence-electron chi connectivity index (χ0n) is 13.5. The highest BCUT2D eigenvalue weighted by molar-refractivity contribution is 5.91. The average Bonchev–Trinajstić information content (AvgIpc) is 3.21. The Balaban J connectivity index is 1.78. The fourth-order valence-corrected chi connectivity index (χ4v) is 2.33. The van der Waals surface area contributed by atoms with Crippen molar-refractivity contribution in [3.05, 3.63) is 84.2 Å². The highest BCUT2D eigenvalue weighted by atomic mass is 16.6. The Morgan fingerprint density at radius 2 is 1.72 bits per heavy atom. The van der Waals surface area contributed by atoms with Gasteiger partial charge in [-0.25, -0.2) is 14.3 Å². The van der Waals surface area contributed by atoms with Crippen LogP contribution < -0.4 is 0 Å². The first kappa shape index (κ1) is 16.4. The first-order valence-corrected chi connectivity index (χ1v) is 7.63. The molecule has 3 rings (SSSR count). The van der Waals surface area contributed by atoms with Gasteiger partial charge in [0.1, 0.15) is 0 Å². The number of hydrogen-bond donors (Lipinski definition) is 0. The summed E-state index contributed by atoms with van der Waals surface area (Å²) in [6, 6.07) is 17.3. The first-order valence-electron chi connectivity index (χ1n) is 7.63. The molecule has 0 bridgehead atoms. The minimum atomic E-state index is -1.11. The number of methoxy groups -OCH3 is 1. The highest BCUT2D eigenvalue weighted by Crippen LogP contribution is 2.21. The molecule has 1 aromatic heterocycles. The van der Waals surface area contributed by atoms with Gasteiger partial charge in [0.05, 0.1) is 18.4 Å². The number of carbonyl (C=O) groups excluding carboxylic acids is 2. The average molecular weight is 336 g/mol. The molecule has 1 heterocycles. The zero-order chi connectivity index (χ0) is 17.6. The number of ether oxygens (including phenoxy) is 2. The highest BCUT2D eigenvalue weighted by Gasteiger charge is 2.26. The van der Waals surface area contributed by atoms with Gasteiger partial charge >= 0.3 is 11.9 Å². The summed E-state index contributed by atoms with van der Waals surface area (Å²) in [5.74, 6) is -1.24. The second-order valence-electron chi connectivity index (χ2n) is 5.22. The van der Waals surface area contributed by atoms with Crippen LogP contribution in [0, 0.1) is 0 Å². The summed E-state index contributed by atoms with van der Waals surface area (Å²) >= 11 is 0. The monoisotopic (exact) mass is 336 g/mol. The van der Waals surface area contributed by atoms with Crippen LogP contribution >= 0.6 is 0 Å². The van der Waals surface area contributed by atoms with Crippen LogP contribution in [0.15, 0.2) is 73.1 Å². The largest absolute Gasteiger partial charge is 0.466 e. The van der Waals surface area contributed by atoms with Crippen molar-refractivity contribution in [3.63, 3.8) is 0 Å². The molecular weight excluding hydrogens is 320 g/mol. The van der Waals surface area contributed by atoms with E-state index in [4.69, 9.17) is 9.47 Å². The van der Waals surface area contributed by atoms with E-state index >= 15 is 0 Å². The third-order valence-corrected chi connectivity index (χ3v) is 3.61. The molecule has 0 spiro atoms. The molecule has 0 unspecified atom stereocenters. The third-order valence-electron chi connectivity index (χ3n) is 3.61. The second kappa shape index (κ2) is 7.44. The lowest BCUT2D eigenvalue weighted by Gasteiger charge is -2.16. The molecule has 25 heavy (non-hydrogen) atoms. The van der Waals surface area contributed by atoms with Crippen LogP contribution in [0.3, 0.4) is 0 Å². The van der Waals surface area contributed by atoms with Gasteiger partial charge in [-0.15, -0.1) is 0 Å². The van der Waals surface area contributed by atoms with Gasteiger partial charge < -0.3 is 9.47 Å². The van der Waals surface area contributed by atoms with Crippen LogP contribution in [0.1, 0.15) is 22.0 Å². The van der Waals surface area contributed by atoms with E-state index in [0.29, 0.717) is 11.1 Å². The molecule has 2 aromatic carbocycles. The molecule has 0 fully saturated rings. The number of carbonyl (C=O) groups is 2. The van der Waals surface area contributed by atoms with E-state index < -0.39 is 18.0 Å². The first-order chi connectivity index (χ1) is 12.2. The SMILES string of the molecule is COC(=O)[C@H](OC(=O)c1ccc(-n2cccn2)cc1)c1ccccc1. The van der Waals surface area contributed by atoms with Gasteiger partial charge in [0.2, 0.25) is 6.10 Å². The van der Waals surface area contributed by atoms with E-state index in [1.54, 1.807) is 65.6 Å². The number of rotatable bonds is 5. The molecule has 0 aliphatic carbocycles. The van der Waals surface area contributed by atoms with E-state index in [2.05, 4.69) is 5.10 Å². The molecular formula is C19H16N2O4. The van der Waals surface area contributed by atoms with Gasteiger partial charge in [0, 0.05) is 18.0 Å². The maximum absolute atomic E-state index is 12.4. The Hall–Kier alpha value is -3.41. The van der Waals surface area contributed by atoms with Crippen LogP contribution in [-0.4, -0.2) is 28.8 Å². The lowest BCUT2D eigenvalue weighted by atomic mass is 10.1. The van der Waals surface area contributed by atoms with E-state index in [0.717, 1.165) is 5.69 Å². The van der Waals surface area contributed by atoms with Gasteiger partial charge in [-0.2, -0.15) is 5.10 Å². The quantitative estimate of drug-likeness (QED) is 0.670. The van der Waals surface area contributed by atoms with Crippen LogP contribution in [0.2, 0.25) is 0 Å². The topological polar surface area (TPSA) is 70.4 Å². The van der Waals surface area contributed by atoms with E-state index in [1.807, 2.05) is 12.1 Å². The minimum absolute atomic E-state index is 0.334. The summed E-state index contributed by atoms with van der Waals surface area (Å²) in [4.78, 5) is 24.4. The number of hydrogen-bond acceptors (Lipinski definition) is 5. The molecule has 6 heteroatoms. The zero-order valence-corrected chi connectivity index (χ0v) is 13.5. The summed E-state index contributed by atoms with van der Waals surface area (Å²) in [6.45, 7) is 0. The number of nitrogens with zero attached hydrogens (tertiary/aromatic N) is 2. The van der Waals surface area contributed by atoms with E-state index in [1.165, 1.54) is 7.11 Å². The van der Waals surface area contributed by atoms with Crippen LogP contribution in [0.25, 0.3) is 5.69 Å². The van der Waals surface area contributed by atoms with Gasteiger partial charge in [0.15, 0.2) is 0 Å². The minimum Gasteiger partial charge on any atom is -0.466 e. The van der Waals surface area contributed by atoms with Crippen molar-refractivity contribution in [1.82, 2.24) is 9.78 Å². The Bertz CT molecular complexity index is 843. The standard InChI is InChI=1S/C19H16N2O4/c1-24-19(23)17(14-6-3-2-4-7-14)25-18(22)15-8-10-16(11-9-15)21-13-5-12-20-21/h2-13,17H,1H3/t17-/m1/s1. The molecule has 0 amide bonds. The van der Waals surface area contributed by atoms with Gasteiger partial charge in [-0.05, 0) is 30.3 Å². The van der Waals surface area contributed by atoms with Crippen molar-refractivity contribution in [2.45, 2.75) is 6.10 Å². The van der Waals surface area contributed by atoms with Crippen molar-refractivity contribution in [2.75, 3.05) is 7.11 Å².